The summed E-state index contributed by atoms with van der Waals surface area (Å²) in [5, 5.41) is 4.26. The number of nitrogens with zero attached hydrogens (tertiary/aromatic N) is 2. The van der Waals surface area contributed by atoms with Gasteiger partial charge in [0.15, 0.2) is 0 Å². The van der Waals surface area contributed by atoms with Crippen molar-refractivity contribution in [1.29, 1.82) is 0 Å². The van der Waals surface area contributed by atoms with Gasteiger partial charge in [-0.25, -0.2) is 4.52 Å². The van der Waals surface area contributed by atoms with Gasteiger partial charge in [0.1, 0.15) is 23.5 Å². The summed E-state index contributed by atoms with van der Waals surface area (Å²) in [7, 11) is 0. The molecule has 1 saturated heterocycles. The van der Waals surface area contributed by atoms with E-state index in [1.165, 1.54) is 13.3 Å². The lowest BCUT2D eigenvalue weighted by Gasteiger charge is -2.32. The molecule has 1 fully saturated rings. The summed E-state index contributed by atoms with van der Waals surface area (Å²) in [6, 6.07) is 1.87. The van der Waals surface area contributed by atoms with E-state index < -0.39 is 11.7 Å². The highest BCUT2D eigenvalue weighted by molar-refractivity contribution is 14.1. The van der Waals surface area contributed by atoms with Gasteiger partial charge in [0.2, 0.25) is 0 Å². The molecule has 0 radical (unpaired) electrons. The van der Waals surface area contributed by atoms with Crippen molar-refractivity contribution in [2.45, 2.75) is 51.9 Å². The summed E-state index contributed by atoms with van der Waals surface area (Å²) < 4.78 is 14.3. The molecule has 3 heterocycles. The maximum Gasteiger partial charge on any atom is 0.303 e. The standard InChI is InChI=1S/C16H20IN3O4/c1-5-12-8(2)16(4,24-9(3)21)14(23-12)11-6-10(17)13-15(22)18-7-19-20(11)13/h6-8,12,14H,5H2,1-4H3,(H,18,19,22)/t8-,12-,14+,16-/m1/s1. The van der Waals surface area contributed by atoms with Crippen LogP contribution in [0.4, 0.5) is 0 Å². The highest BCUT2D eigenvalue weighted by Crippen LogP contribution is 2.49. The first kappa shape index (κ1) is 17.4. The molecule has 2 aromatic heterocycles. The Bertz CT molecular complexity index is 845. The van der Waals surface area contributed by atoms with Crippen molar-refractivity contribution in [3.63, 3.8) is 0 Å². The maximum absolute atomic E-state index is 12.1. The van der Waals surface area contributed by atoms with Crippen LogP contribution in [0.1, 0.15) is 45.9 Å². The first-order valence-electron chi connectivity index (χ1n) is 7.89. The summed E-state index contributed by atoms with van der Waals surface area (Å²) >= 11 is 2.10. The van der Waals surface area contributed by atoms with Crippen molar-refractivity contribution < 1.29 is 14.3 Å². The van der Waals surface area contributed by atoms with Gasteiger partial charge in [0.25, 0.3) is 5.56 Å². The van der Waals surface area contributed by atoms with Gasteiger partial charge in [-0.15, -0.1) is 0 Å². The normalized spacial score (nSPS) is 30.0. The highest BCUT2D eigenvalue weighted by atomic mass is 127. The molecule has 4 atom stereocenters. The van der Waals surface area contributed by atoms with Crippen molar-refractivity contribution in [2.24, 2.45) is 5.92 Å². The number of rotatable bonds is 3. The van der Waals surface area contributed by atoms with Gasteiger partial charge in [-0.05, 0) is 42.0 Å². The second kappa shape index (κ2) is 6.14. The topological polar surface area (TPSA) is 85.7 Å². The Balaban J connectivity index is 2.18. The van der Waals surface area contributed by atoms with Crippen LogP contribution in [0.5, 0.6) is 0 Å². The number of aromatic amines is 1. The lowest BCUT2D eigenvalue weighted by Crippen LogP contribution is -2.41. The SMILES string of the molecule is CC[C@H]1O[C@@H](c2cc(I)c3c(=O)[nH]cnn23)[C@](C)(OC(C)=O)[C@@H]1C. The number of nitrogens with one attached hydrogen (secondary N) is 1. The third-order valence-electron chi connectivity index (χ3n) is 4.87. The number of hydrogen-bond donors (Lipinski definition) is 1. The van der Waals surface area contributed by atoms with Crippen molar-refractivity contribution in [3.8, 4) is 0 Å². The fourth-order valence-electron chi connectivity index (χ4n) is 3.52. The zero-order valence-electron chi connectivity index (χ0n) is 14.0. The largest absolute Gasteiger partial charge is 0.456 e. The Morgan fingerprint density at radius 1 is 1.58 bits per heavy atom. The Hall–Kier alpha value is -1.42. The molecule has 0 amide bonds. The van der Waals surface area contributed by atoms with E-state index >= 15 is 0 Å². The fraction of sp³-hybridized carbons (Fsp3) is 0.562. The number of hydrogen-bond acceptors (Lipinski definition) is 5. The Morgan fingerprint density at radius 2 is 2.29 bits per heavy atom. The monoisotopic (exact) mass is 445 g/mol. The number of fused-ring (bicyclic) bond motifs is 1. The molecule has 130 valence electrons. The van der Waals surface area contributed by atoms with E-state index in [-0.39, 0.29) is 23.6 Å². The first-order valence-corrected chi connectivity index (χ1v) is 8.97. The molecule has 7 nitrogen and oxygen atoms in total. The maximum atomic E-state index is 12.1. The summed E-state index contributed by atoms with van der Waals surface area (Å²) in [5.41, 5.74) is 0.142. The van der Waals surface area contributed by atoms with Crippen LogP contribution < -0.4 is 5.56 Å². The minimum absolute atomic E-state index is 0.0154. The number of carbonyl (C=O) groups excluding carboxylic acids is 1. The molecular weight excluding hydrogens is 425 g/mol. The average molecular weight is 445 g/mol. The van der Waals surface area contributed by atoms with Gasteiger partial charge in [0.05, 0.1) is 11.8 Å². The van der Waals surface area contributed by atoms with Crippen molar-refractivity contribution in [3.05, 3.63) is 32.0 Å². The third-order valence-corrected chi connectivity index (χ3v) is 5.69. The van der Waals surface area contributed by atoms with Gasteiger partial charge in [-0.2, -0.15) is 5.10 Å². The number of ether oxygens (including phenoxy) is 2. The number of H-pyrrole nitrogens is 1. The predicted molar refractivity (Wildman–Crippen MR) is 95.8 cm³/mol. The molecule has 1 aliphatic heterocycles. The molecule has 24 heavy (non-hydrogen) atoms. The third kappa shape index (κ3) is 2.55. The van der Waals surface area contributed by atoms with Gasteiger partial charge < -0.3 is 14.5 Å². The Morgan fingerprint density at radius 3 is 2.92 bits per heavy atom. The van der Waals surface area contributed by atoms with E-state index in [2.05, 4.69) is 32.7 Å². The van der Waals surface area contributed by atoms with Crippen molar-refractivity contribution in [2.75, 3.05) is 0 Å². The summed E-state index contributed by atoms with van der Waals surface area (Å²) in [5.74, 6) is -0.335. The van der Waals surface area contributed by atoms with Crippen LogP contribution in [0, 0.1) is 9.49 Å². The number of halogens is 1. The van der Waals surface area contributed by atoms with E-state index in [4.69, 9.17) is 9.47 Å². The molecule has 3 rings (SSSR count). The smallest absolute Gasteiger partial charge is 0.303 e. The summed E-state index contributed by atoms with van der Waals surface area (Å²) in [6.07, 6.45) is 1.63. The van der Waals surface area contributed by atoms with Crippen LogP contribution in [-0.4, -0.2) is 32.3 Å². The molecule has 0 spiro atoms. The van der Waals surface area contributed by atoms with E-state index in [0.29, 0.717) is 11.2 Å². The molecule has 0 aromatic carbocycles. The second-order valence-electron chi connectivity index (χ2n) is 6.32. The predicted octanol–water partition coefficient (Wildman–Crippen LogP) is 2.44. The van der Waals surface area contributed by atoms with Crippen molar-refractivity contribution in [1.82, 2.24) is 14.6 Å². The zero-order valence-corrected chi connectivity index (χ0v) is 16.2. The van der Waals surface area contributed by atoms with Crippen LogP contribution in [0.3, 0.4) is 0 Å². The second-order valence-corrected chi connectivity index (χ2v) is 7.49. The molecule has 0 aliphatic carbocycles. The molecule has 2 aromatic rings. The van der Waals surface area contributed by atoms with Gasteiger partial charge in [-0.1, -0.05) is 13.8 Å². The molecule has 0 saturated carbocycles. The minimum Gasteiger partial charge on any atom is -0.456 e. The molecule has 0 bridgehead atoms. The zero-order chi connectivity index (χ0) is 17.6. The quantitative estimate of drug-likeness (QED) is 0.580. The highest BCUT2D eigenvalue weighted by Gasteiger charge is 2.55. The number of aromatic nitrogens is 3. The molecule has 1 aliphatic rings. The van der Waals surface area contributed by atoms with Crippen LogP contribution in [0.2, 0.25) is 0 Å². The van der Waals surface area contributed by atoms with E-state index in [0.717, 1.165) is 9.99 Å². The number of esters is 1. The number of carbonyl (C=O) groups is 1. The van der Waals surface area contributed by atoms with Gasteiger partial charge >= 0.3 is 5.97 Å². The Labute approximate surface area is 152 Å². The summed E-state index contributed by atoms with van der Waals surface area (Å²) in [4.78, 5) is 26.4. The van der Waals surface area contributed by atoms with Crippen molar-refractivity contribution >= 4 is 34.1 Å². The lowest BCUT2D eigenvalue weighted by molar-refractivity contribution is -0.165. The summed E-state index contributed by atoms with van der Waals surface area (Å²) in [6.45, 7) is 7.36. The van der Waals surface area contributed by atoms with Gasteiger partial charge in [0, 0.05) is 16.4 Å². The Kier molecular flexibility index (Phi) is 4.45. The first-order chi connectivity index (χ1) is 11.3. The van der Waals surface area contributed by atoms with Crippen LogP contribution in [-0.2, 0) is 14.3 Å². The minimum atomic E-state index is -0.825. The molecule has 8 heteroatoms. The van der Waals surface area contributed by atoms with E-state index in [1.54, 1.807) is 4.52 Å². The van der Waals surface area contributed by atoms with Crippen LogP contribution in [0.15, 0.2) is 17.2 Å². The molecule has 1 N–H and O–H groups in total. The lowest BCUT2D eigenvalue weighted by atomic mass is 9.83. The van der Waals surface area contributed by atoms with E-state index in [9.17, 15) is 9.59 Å². The average Bonchev–Trinajstić information content (AvgIpc) is 2.96. The molecule has 0 unspecified atom stereocenters. The van der Waals surface area contributed by atoms with Gasteiger partial charge in [-0.3, -0.25) is 9.59 Å². The van der Waals surface area contributed by atoms with E-state index in [1.807, 2.05) is 26.8 Å². The van der Waals surface area contributed by atoms with Crippen LogP contribution >= 0.6 is 22.6 Å². The van der Waals surface area contributed by atoms with Crippen LogP contribution in [0.25, 0.3) is 5.52 Å². The molecular formula is C16H20IN3O4. The fourth-order valence-corrected chi connectivity index (χ4v) is 4.32.